The minimum Gasteiger partial charge on any atom is -0.372 e. The maximum absolute atomic E-state index is 12.7. The lowest BCUT2D eigenvalue weighted by molar-refractivity contribution is -0.132. The van der Waals surface area contributed by atoms with Crippen molar-refractivity contribution in [1.29, 1.82) is 5.26 Å². The van der Waals surface area contributed by atoms with Crippen LogP contribution in [0, 0.1) is 11.3 Å². The first-order valence-corrected chi connectivity index (χ1v) is 14.0. The molecular weight excluding hydrogens is 480 g/mol. The molecule has 0 saturated carbocycles. The van der Waals surface area contributed by atoms with Gasteiger partial charge in [0.05, 0.1) is 30.8 Å². The molecule has 192 valence electrons. The van der Waals surface area contributed by atoms with Gasteiger partial charge >= 0.3 is 0 Å². The maximum atomic E-state index is 12.7. The Balaban J connectivity index is 1.24. The molecule has 0 radical (unpaired) electrons. The Morgan fingerprint density at radius 2 is 1.76 bits per heavy atom. The molecule has 37 heavy (non-hydrogen) atoms. The molecule has 3 aromatic rings. The molecule has 2 aliphatic heterocycles. The number of nitriles is 1. The summed E-state index contributed by atoms with van der Waals surface area (Å²) in [6, 6.07) is 22.6. The van der Waals surface area contributed by atoms with Crippen LogP contribution in [0.15, 0.2) is 66.0 Å². The monoisotopic (exact) mass is 514 g/mol. The van der Waals surface area contributed by atoms with E-state index in [2.05, 4.69) is 40.1 Å². The number of benzene rings is 2. The van der Waals surface area contributed by atoms with E-state index >= 15 is 0 Å². The Hall–Kier alpha value is -3.18. The molecule has 2 fully saturated rings. The molecule has 0 spiro atoms. The molecule has 0 aliphatic carbocycles. The van der Waals surface area contributed by atoms with E-state index in [9.17, 15) is 4.79 Å². The SMILES string of the molecule is N#Cc1ccc(CO[C@H](CN2CCN(C(=O)Cc3cccs3)CC2)c2cccc(N3CCCC3)c2)cc1. The molecule has 1 amide bonds. The number of hydrogen-bond donors (Lipinski definition) is 0. The fourth-order valence-electron chi connectivity index (χ4n) is 5.11. The maximum Gasteiger partial charge on any atom is 0.227 e. The van der Waals surface area contributed by atoms with Crippen LogP contribution in [0.4, 0.5) is 5.69 Å². The number of thiophene rings is 1. The highest BCUT2D eigenvalue weighted by Crippen LogP contribution is 2.28. The van der Waals surface area contributed by atoms with Crippen molar-refractivity contribution in [3.63, 3.8) is 0 Å². The van der Waals surface area contributed by atoms with Crippen LogP contribution in [0.1, 0.15) is 40.5 Å². The number of ether oxygens (including phenoxy) is 1. The van der Waals surface area contributed by atoms with Crippen LogP contribution in [0.25, 0.3) is 0 Å². The first-order chi connectivity index (χ1) is 18.2. The van der Waals surface area contributed by atoms with Crippen LogP contribution in [-0.4, -0.2) is 61.5 Å². The van der Waals surface area contributed by atoms with Gasteiger partial charge in [-0.15, -0.1) is 11.3 Å². The lowest BCUT2D eigenvalue weighted by Crippen LogP contribution is -2.50. The molecular formula is C30H34N4O2S. The highest BCUT2D eigenvalue weighted by atomic mass is 32.1. The summed E-state index contributed by atoms with van der Waals surface area (Å²) in [6.07, 6.45) is 2.92. The Labute approximate surface area is 223 Å². The number of nitrogens with zero attached hydrogens (tertiary/aromatic N) is 4. The van der Waals surface area contributed by atoms with E-state index in [4.69, 9.17) is 10.00 Å². The number of piperazine rings is 1. The van der Waals surface area contributed by atoms with Gasteiger partial charge in [0.15, 0.2) is 0 Å². The van der Waals surface area contributed by atoms with Gasteiger partial charge in [0.1, 0.15) is 0 Å². The molecule has 6 nitrogen and oxygen atoms in total. The van der Waals surface area contributed by atoms with Crippen LogP contribution >= 0.6 is 11.3 Å². The highest BCUT2D eigenvalue weighted by molar-refractivity contribution is 7.10. The van der Waals surface area contributed by atoms with Crippen LogP contribution in [0.3, 0.4) is 0 Å². The predicted octanol–water partition coefficient (Wildman–Crippen LogP) is 4.86. The number of carbonyl (C=O) groups is 1. The molecule has 2 aromatic carbocycles. The number of carbonyl (C=O) groups excluding carboxylic acids is 1. The van der Waals surface area contributed by atoms with Crippen LogP contribution < -0.4 is 4.90 Å². The number of anilines is 1. The van der Waals surface area contributed by atoms with Crippen molar-refractivity contribution in [1.82, 2.24) is 9.80 Å². The normalized spacial score (nSPS) is 17.1. The molecule has 2 aliphatic rings. The van der Waals surface area contributed by atoms with Gasteiger partial charge in [0.2, 0.25) is 5.91 Å². The van der Waals surface area contributed by atoms with Gasteiger partial charge in [-0.3, -0.25) is 9.69 Å². The highest BCUT2D eigenvalue weighted by Gasteiger charge is 2.25. The molecule has 1 aromatic heterocycles. The quantitative estimate of drug-likeness (QED) is 0.408. The fourth-order valence-corrected chi connectivity index (χ4v) is 5.81. The van der Waals surface area contributed by atoms with Crippen molar-refractivity contribution in [2.75, 3.05) is 50.7 Å². The summed E-state index contributed by atoms with van der Waals surface area (Å²) >= 11 is 1.64. The topological polar surface area (TPSA) is 59.8 Å². The summed E-state index contributed by atoms with van der Waals surface area (Å²) < 4.78 is 6.53. The minimum atomic E-state index is -0.0773. The third kappa shape index (κ3) is 6.78. The average Bonchev–Trinajstić information content (AvgIpc) is 3.67. The van der Waals surface area contributed by atoms with Crippen molar-refractivity contribution in [2.24, 2.45) is 0 Å². The van der Waals surface area contributed by atoms with E-state index in [1.807, 2.05) is 46.7 Å². The van der Waals surface area contributed by atoms with E-state index in [1.54, 1.807) is 11.3 Å². The smallest absolute Gasteiger partial charge is 0.227 e. The molecule has 0 bridgehead atoms. The standard InChI is InChI=1S/C30H34N4O2S/c31-21-24-8-10-25(11-9-24)23-36-29(26-5-3-6-27(19-26)33-12-1-2-13-33)22-32-14-16-34(17-15-32)30(35)20-28-7-4-18-37-28/h3-11,18-19,29H,1-2,12-17,20,22-23H2/t29-/m1/s1. The first kappa shape index (κ1) is 25.5. The Morgan fingerprint density at radius 3 is 2.46 bits per heavy atom. The van der Waals surface area contributed by atoms with Crippen molar-refractivity contribution in [2.45, 2.75) is 32.0 Å². The van der Waals surface area contributed by atoms with Gasteiger partial charge in [-0.25, -0.2) is 0 Å². The van der Waals surface area contributed by atoms with Crippen LogP contribution in [-0.2, 0) is 22.6 Å². The fraction of sp³-hybridized carbons (Fsp3) is 0.400. The second-order valence-corrected chi connectivity index (χ2v) is 10.9. The van der Waals surface area contributed by atoms with Gasteiger partial charge in [-0.1, -0.05) is 30.3 Å². The zero-order chi connectivity index (χ0) is 25.5. The van der Waals surface area contributed by atoms with Gasteiger partial charge in [-0.05, 0) is 59.7 Å². The predicted molar refractivity (Wildman–Crippen MR) is 148 cm³/mol. The summed E-state index contributed by atoms with van der Waals surface area (Å²) in [5.41, 5.74) is 4.18. The molecule has 0 N–H and O–H groups in total. The lowest BCUT2D eigenvalue weighted by atomic mass is 10.1. The summed E-state index contributed by atoms with van der Waals surface area (Å²) in [7, 11) is 0. The Bertz CT molecular complexity index is 1190. The summed E-state index contributed by atoms with van der Waals surface area (Å²) in [4.78, 5) is 20.7. The second-order valence-electron chi connectivity index (χ2n) is 9.84. The van der Waals surface area contributed by atoms with E-state index in [0.717, 1.165) is 56.3 Å². The summed E-state index contributed by atoms with van der Waals surface area (Å²) in [5.74, 6) is 0.217. The molecule has 5 rings (SSSR count). The van der Waals surface area contributed by atoms with Gasteiger partial charge in [0, 0.05) is 56.4 Å². The second kappa shape index (κ2) is 12.4. The minimum absolute atomic E-state index is 0.0773. The molecule has 1 atom stereocenters. The average molecular weight is 515 g/mol. The number of amides is 1. The number of rotatable bonds is 9. The van der Waals surface area contributed by atoms with Crippen LogP contribution in [0.2, 0.25) is 0 Å². The molecule has 3 heterocycles. The van der Waals surface area contributed by atoms with Gasteiger partial charge in [0.25, 0.3) is 0 Å². The van der Waals surface area contributed by atoms with Crippen LogP contribution in [0.5, 0.6) is 0 Å². The third-order valence-corrected chi connectivity index (χ3v) is 8.18. The first-order valence-electron chi connectivity index (χ1n) is 13.2. The van der Waals surface area contributed by atoms with Gasteiger partial charge < -0.3 is 14.5 Å². The largest absolute Gasteiger partial charge is 0.372 e. The van der Waals surface area contributed by atoms with Crippen molar-refractivity contribution >= 4 is 22.9 Å². The Kier molecular flexibility index (Phi) is 8.52. The van der Waals surface area contributed by atoms with E-state index in [-0.39, 0.29) is 12.0 Å². The number of hydrogen-bond acceptors (Lipinski definition) is 6. The van der Waals surface area contributed by atoms with Crippen molar-refractivity contribution in [3.8, 4) is 6.07 Å². The molecule has 2 saturated heterocycles. The summed E-state index contributed by atoms with van der Waals surface area (Å²) in [6.45, 7) is 6.69. The zero-order valence-corrected chi connectivity index (χ0v) is 22.0. The van der Waals surface area contributed by atoms with Crippen molar-refractivity contribution in [3.05, 3.63) is 87.6 Å². The summed E-state index contributed by atoms with van der Waals surface area (Å²) in [5, 5.41) is 11.1. The third-order valence-electron chi connectivity index (χ3n) is 7.30. The van der Waals surface area contributed by atoms with E-state index in [0.29, 0.717) is 18.6 Å². The Morgan fingerprint density at radius 1 is 0.973 bits per heavy atom. The van der Waals surface area contributed by atoms with Gasteiger partial charge in [-0.2, -0.15) is 5.26 Å². The van der Waals surface area contributed by atoms with E-state index in [1.165, 1.54) is 24.1 Å². The molecule has 7 heteroatoms. The van der Waals surface area contributed by atoms with Crippen molar-refractivity contribution < 1.29 is 9.53 Å². The van der Waals surface area contributed by atoms with E-state index < -0.39 is 0 Å². The molecule has 0 unspecified atom stereocenters. The lowest BCUT2D eigenvalue weighted by Gasteiger charge is -2.36. The zero-order valence-electron chi connectivity index (χ0n) is 21.2.